The first kappa shape index (κ1) is 24.8. The maximum Gasteiger partial charge on any atom is 0.335 e. The Hall–Kier alpha value is -3.87. The minimum Gasteiger partial charge on any atom is -0.478 e. The quantitative estimate of drug-likeness (QED) is 0.490. The van der Waals surface area contributed by atoms with Gasteiger partial charge in [-0.15, -0.1) is 0 Å². The van der Waals surface area contributed by atoms with E-state index >= 15 is 0 Å². The van der Waals surface area contributed by atoms with Gasteiger partial charge in [0.1, 0.15) is 0 Å². The molecule has 0 saturated carbocycles. The van der Waals surface area contributed by atoms with Gasteiger partial charge >= 0.3 is 17.9 Å². The summed E-state index contributed by atoms with van der Waals surface area (Å²) in [6, 6.07) is 9.86. The van der Waals surface area contributed by atoms with Crippen molar-refractivity contribution < 1.29 is 29.7 Å². The van der Waals surface area contributed by atoms with Crippen LogP contribution in [0.15, 0.2) is 36.4 Å². The van der Waals surface area contributed by atoms with Gasteiger partial charge in [0.25, 0.3) is 0 Å². The minimum atomic E-state index is -1.01. The molecule has 0 aliphatic rings. The number of carboxylic acids is 3. The highest BCUT2D eigenvalue weighted by Crippen LogP contribution is 2.17. The molecule has 0 aliphatic carbocycles. The molecule has 3 aromatic rings. The fourth-order valence-electron chi connectivity index (χ4n) is 5.09. The second-order valence-electron chi connectivity index (χ2n) is 8.92. The van der Waals surface area contributed by atoms with E-state index in [-0.39, 0.29) is 23.4 Å². The maximum absolute atomic E-state index is 11.6. The van der Waals surface area contributed by atoms with E-state index in [0.29, 0.717) is 0 Å². The van der Waals surface area contributed by atoms with E-state index in [1.165, 1.54) is 0 Å². The molecule has 0 radical (unpaired) electrons. The third kappa shape index (κ3) is 4.46. The summed E-state index contributed by atoms with van der Waals surface area (Å²) in [6.45, 7) is 10.9. The van der Waals surface area contributed by atoms with E-state index in [9.17, 15) is 29.7 Å². The molecular formula is C27H27BO6. The molecule has 174 valence electrons. The Balaban J connectivity index is 2.45. The fourth-order valence-corrected chi connectivity index (χ4v) is 5.09. The molecule has 3 aromatic carbocycles. The lowest BCUT2D eigenvalue weighted by atomic mass is 9.33. The molecule has 0 heterocycles. The summed E-state index contributed by atoms with van der Waals surface area (Å²) in [5, 5.41) is 28.6. The Morgan fingerprint density at radius 3 is 0.794 bits per heavy atom. The van der Waals surface area contributed by atoms with Crippen molar-refractivity contribution in [2.24, 2.45) is 0 Å². The first-order valence-corrected chi connectivity index (χ1v) is 10.9. The van der Waals surface area contributed by atoms with E-state index in [2.05, 4.69) is 0 Å². The first-order valence-electron chi connectivity index (χ1n) is 10.9. The maximum atomic E-state index is 11.6. The molecule has 7 heteroatoms. The summed E-state index contributed by atoms with van der Waals surface area (Å²) < 4.78 is 0. The topological polar surface area (TPSA) is 112 Å². The molecule has 0 aliphatic heterocycles. The number of aryl methyl sites for hydroxylation is 6. The van der Waals surface area contributed by atoms with Crippen LogP contribution in [0.5, 0.6) is 0 Å². The average Bonchev–Trinajstić information content (AvgIpc) is 2.71. The van der Waals surface area contributed by atoms with Crippen LogP contribution in [0.1, 0.15) is 64.5 Å². The zero-order valence-electron chi connectivity index (χ0n) is 20.1. The molecule has 0 fully saturated rings. The Morgan fingerprint density at radius 1 is 0.471 bits per heavy atom. The van der Waals surface area contributed by atoms with Crippen LogP contribution >= 0.6 is 0 Å². The summed E-state index contributed by atoms with van der Waals surface area (Å²) in [5.41, 5.74) is 8.14. The standard InChI is InChI=1S/C27H27BO6/c1-13-7-19(25(29)30)8-14(2)22(13)28(23-15(3)9-20(26(31)32)10-16(23)4)24-17(5)11-21(27(33)34)12-18(24)6/h7-12H,1-6H3,(H,29,30)(H,31,32)(H,33,34). The summed E-state index contributed by atoms with van der Waals surface area (Å²) in [6.07, 6.45) is 0. The number of hydrogen-bond acceptors (Lipinski definition) is 3. The van der Waals surface area contributed by atoms with Crippen LogP contribution in [-0.2, 0) is 0 Å². The van der Waals surface area contributed by atoms with Crippen molar-refractivity contribution in [3.63, 3.8) is 0 Å². The monoisotopic (exact) mass is 458 g/mol. The molecule has 0 spiro atoms. The van der Waals surface area contributed by atoms with Gasteiger partial charge in [-0.2, -0.15) is 0 Å². The number of hydrogen-bond donors (Lipinski definition) is 3. The third-order valence-corrected chi connectivity index (χ3v) is 6.39. The molecule has 3 rings (SSSR count). The second-order valence-corrected chi connectivity index (χ2v) is 8.92. The average molecular weight is 458 g/mol. The largest absolute Gasteiger partial charge is 0.478 e. The van der Waals surface area contributed by atoms with Crippen molar-refractivity contribution in [2.45, 2.75) is 41.5 Å². The molecule has 6 nitrogen and oxygen atoms in total. The molecule has 0 amide bonds. The van der Waals surface area contributed by atoms with E-state index < -0.39 is 17.9 Å². The Bertz CT molecular complexity index is 1120. The highest BCUT2D eigenvalue weighted by molar-refractivity contribution is 6.97. The Labute approximate surface area is 199 Å². The summed E-state index contributed by atoms with van der Waals surface area (Å²) in [5.74, 6) is -3.03. The van der Waals surface area contributed by atoms with Crippen molar-refractivity contribution in [3.8, 4) is 0 Å². The fraction of sp³-hybridized carbons (Fsp3) is 0.222. The molecule has 0 unspecified atom stereocenters. The predicted molar refractivity (Wildman–Crippen MR) is 133 cm³/mol. The number of rotatable bonds is 6. The smallest absolute Gasteiger partial charge is 0.335 e. The number of carboxylic acid groups (broad SMARTS) is 3. The third-order valence-electron chi connectivity index (χ3n) is 6.39. The molecule has 0 atom stereocenters. The van der Waals surface area contributed by atoms with Gasteiger partial charge in [0, 0.05) is 0 Å². The van der Waals surface area contributed by atoms with Crippen molar-refractivity contribution in [1.82, 2.24) is 0 Å². The molecular weight excluding hydrogens is 431 g/mol. The van der Waals surface area contributed by atoms with Gasteiger partial charge in [-0.05, 0) is 77.9 Å². The highest BCUT2D eigenvalue weighted by atomic mass is 16.4. The van der Waals surface area contributed by atoms with Gasteiger partial charge in [-0.3, -0.25) is 0 Å². The molecule has 0 aromatic heterocycles. The van der Waals surface area contributed by atoms with Crippen LogP contribution in [0.4, 0.5) is 0 Å². The second kappa shape index (κ2) is 9.18. The Kier molecular flexibility index (Phi) is 6.68. The SMILES string of the molecule is Cc1cc(C(=O)O)cc(C)c1B(c1c(C)cc(C(=O)O)cc1C)c1c(C)cc(C(=O)O)cc1C. The van der Waals surface area contributed by atoms with E-state index in [1.54, 1.807) is 36.4 Å². The van der Waals surface area contributed by atoms with E-state index in [4.69, 9.17) is 0 Å². The van der Waals surface area contributed by atoms with E-state index in [1.807, 2.05) is 41.5 Å². The van der Waals surface area contributed by atoms with Crippen LogP contribution in [0.3, 0.4) is 0 Å². The number of aromatic carboxylic acids is 3. The molecule has 3 N–H and O–H groups in total. The van der Waals surface area contributed by atoms with E-state index in [0.717, 1.165) is 49.8 Å². The zero-order chi connectivity index (χ0) is 25.5. The lowest BCUT2D eigenvalue weighted by Crippen LogP contribution is -2.57. The van der Waals surface area contributed by atoms with Crippen LogP contribution in [0, 0.1) is 41.5 Å². The van der Waals surface area contributed by atoms with Crippen LogP contribution in [0.25, 0.3) is 0 Å². The lowest BCUT2D eigenvalue weighted by molar-refractivity contribution is 0.0686. The van der Waals surface area contributed by atoms with Crippen LogP contribution in [-0.4, -0.2) is 39.9 Å². The van der Waals surface area contributed by atoms with Crippen molar-refractivity contribution in [1.29, 1.82) is 0 Å². The van der Waals surface area contributed by atoms with Gasteiger partial charge in [0.05, 0.1) is 16.7 Å². The van der Waals surface area contributed by atoms with Gasteiger partial charge in [0.2, 0.25) is 6.71 Å². The summed E-state index contributed by atoms with van der Waals surface area (Å²) >= 11 is 0. The molecule has 0 bridgehead atoms. The van der Waals surface area contributed by atoms with Crippen molar-refractivity contribution in [3.05, 3.63) is 86.5 Å². The number of carbonyl (C=O) groups is 3. The van der Waals surface area contributed by atoms with Gasteiger partial charge in [-0.25, -0.2) is 14.4 Å². The summed E-state index contributed by atoms with van der Waals surface area (Å²) in [7, 11) is 0. The Morgan fingerprint density at radius 2 is 0.647 bits per heavy atom. The lowest BCUT2D eigenvalue weighted by Gasteiger charge is -2.27. The predicted octanol–water partition coefficient (Wildman–Crippen LogP) is 3.15. The highest BCUT2D eigenvalue weighted by Gasteiger charge is 2.32. The first-order chi connectivity index (χ1) is 15.8. The minimum absolute atomic E-state index is 0.196. The molecule has 34 heavy (non-hydrogen) atoms. The number of benzene rings is 3. The van der Waals surface area contributed by atoms with Gasteiger partial charge in [-0.1, -0.05) is 49.8 Å². The van der Waals surface area contributed by atoms with Crippen molar-refractivity contribution >= 4 is 41.0 Å². The van der Waals surface area contributed by atoms with Crippen molar-refractivity contribution in [2.75, 3.05) is 0 Å². The van der Waals surface area contributed by atoms with Crippen LogP contribution in [0.2, 0.25) is 0 Å². The van der Waals surface area contributed by atoms with Gasteiger partial charge in [0.15, 0.2) is 0 Å². The van der Waals surface area contributed by atoms with Gasteiger partial charge < -0.3 is 15.3 Å². The normalized spacial score (nSPS) is 10.8. The van der Waals surface area contributed by atoms with Crippen LogP contribution < -0.4 is 16.4 Å². The summed E-state index contributed by atoms with van der Waals surface area (Å²) in [4.78, 5) is 34.9. The molecule has 0 saturated heterocycles. The zero-order valence-corrected chi connectivity index (χ0v) is 20.1.